The average molecular weight is 427 g/mol. The molecular formula is C19H24BrFN2O3. The van der Waals surface area contributed by atoms with Crippen LogP contribution in [0.2, 0.25) is 0 Å². The van der Waals surface area contributed by atoms with Crippen LogP contribution in [0.1, 0.15) is 37.0 Å². The third-order valence-corrected chi connectivity index (χ3v) is 6.34. The van der Waals surface area contributed by atoms with E-state index < -0.39 is 11.7 Å². The van der Waals surface area contributed by atoms with Crippen molar-refractivity contribution in [1.29, 1.82) is 0 Å². The van der Waals surface area contributed by atoms with Gasteiger partial charge in [0, 0.05) is 48.5 Å². The lowest BCUT2D eigenvalue weighted by molar-refractivity contribution is -0.167. The van der Waals surface area contributed by atoms with Crippen molar-refractivity contribution >= 4 is 27.7 Å². The van der Waals surface area contributed by atoms with E-state index in [2.05, 4.69) is 35.1 Å². The van der Waals surface area contributed by atoms with Crippen LogP contribution < -0.4 is 5.32 Å². The summed E-state index contributed by atoms with van der Waals surface area (Å²) < 4.78 is 19.6. The molecule has 1 saturated heterocycles. The fourth-order valence-corrected chi connectivity index (χ4v) is 4.89. The Morgan fingerprint density at radius 3 is 2.88 bits per heavy atom. The van der Waals surface area contributed by atoms with Gasteiger partial charge in [-0.05, 0) is 40.5 Å². The van der Waals surface area contributed by atoms with Gasteiger partial charge in [-0.1, -0.05) is 13.8 Å². The molecule has 1 heterocycles. The molecule has 1 N–H and O–H groups in total. The van der Waals surface area contributed by atoms with Crippen LogP contribution in [0.25, 0.3) is 0 Å². The second-order valence-corrected chi connectivity index (χ2v) is 8.50. The molecule has 2 fully saturated rings. The number of fused-ring (bicyclic) bond motifs is 1. The summed E-state index contributed by atoms with van der Waals surface area (Å²) in [5, 5.41) is 2.69. The Labute approximate surface area is 161 Å². The van der Waals surface area contributed by atoms with E-state index in [1.165, 1.54) is 18.2 Å². The number of nitrogens with one attached hydrogen (secondary N) is 1. The molecule has 0 radical (unpaired) electrons. The number of benzene rings is 1. The van der Waals surface area contributed by atoms with Crippen molar-refractivity contribution in [3.05, 3.63) is 34.1 Å². The summed E-state index contributed by atoms with van der Waals surface area (Å²) >= 11 is 3.24. The predicted octanol–water partition coefficient (Wildman–Crippen LogP) is 2.98. The lowest BCUT2D eigenvalue weighted by Crippen LogP contribution is -2.67. The smallest absolute Gasteiger partial charge is 0.252 e. The Kier molecular flexibility index (Phi) is 5.40. The van der Waals surface area contributed by atoms with Crippen molar-refractivity contribution in [2.75, 3.05) is 20.2 Å². The molecule has 5 nitrogen and oxygen atoms in total. The van der Waals surface area contributed by atoms with Gasteiger partial charge in [0.15, 0.2) is 0 Å². The molecule has 1 aliphatic carbocycles. The zero-order chi connectivity index (χ0) is 19.1. The zero-order valence-corrected chi connectivity index (χ0v) is 16.8. The van der Waals surface area contributed by atoms with Crippen LogP contribution in [0.4, 0.5) is 4.39 Å². The van der Waals surface area contributed by atoms with Crippen LogP contribution in [0.15, 0.2) is 22.7 Å². The summed E-state index contributed by atoms with van der Waals surface area (Å²) in [5.41, 5.74) is 0.165. The molecule has 0 aromatic heterocycles. The maximum atomic E-state index is 13.3. The van der Waals surface area contributed by atoms with Crippen LogP contribution in [-0.4, -0.2) is 49.1 Å². The number of nitrogens with zero attached hydrogens (tertiary/aromatic N) is 1. The molecule has 1 aliphatic heterocycles. The van der Waals surface area contributed by atoms with E-state index in [9.17, 15) is 14.0 Å². The van der Waals surface area contributed by atoms with Gasteiger partial charge in [-0.25, -0.2) is 4.39 Å². The van der Waals surface area contributed by atoms with Crippen LogP contribution in [0, 0.1) is 17.2 Å². The topological polar surface area (TPSA) is 58.6 Å². The number of hydrogen-bond donors (Lipinski definition) is 1. The molecule has 7 heteroatoms. The summed E-state index contributed by atoms with van der Waals surface area (Å²) in [6.45, 7) is 5.24. The standard InChI is InChI=1S/C19H24BrFN2O3/c1-19(2)16(12-7-9-26-17(12)19)23(3)15(24)6-8-22-18(25)13-10-11(21)4-5-14(13)20/h4-5,10,12,16-17H,6-9H2,1-3H3,(H,22,25)/t12-,16-,17-/m1/s1. The maximum absolute atomic E-state index is 13.3. The van der Waals surface area contributed by atoms with E-state index >= 15 is 0 Å². The van der Waals surface area contributed by atoms with Crippen LogP contribution in [-0.2, 0) is 9.53 Å². The molecule has 1 aromatic carbocycles. The third-order valence-electron chi connectivity index (χ3n) is 5.65. The van der Waals surface area contributed by atoms with Gasteiger partial charge in [0.05, 0.1) is 11.7 Å². The zero-order valence-electron chi connectivity index (χ0n) is 15.2. The normalized spacial score (nSPS) is 26.0. The van der Waals surface area contributed by atoms with Crippen molar-refractivity contribution in [2.45, 2.75) is 38.8 Å². The van der Waals surface area contributed by atoms with E-state index in [1.807, 2.05) is 7.05 Å². The van der Waals surface area contributed by atoms with Gasteiger partial charge < -0.3 is 15.0 Å². The minimum absolute atomic E-state index is 0.00738. The molecule has 3 atom stereocenters. The minimum Gasteiger partial charge on any atom is -0.377 e. The number of amides is 2. The first-order valence-corrected chi connectivity index (χ1v) is 9.63. The van der Waals surface area contributed by atoms with E-state index in [4.69, 9.17) is 4.74 Å². The van der Waals surface area contributed by atoms with Gasteiger partial charge in [-0.2, -0.15) is 0 Å². The molecular weight excluding hydrogens is 403 g/mol. The largest absolute Gasteiger partial charge is 0.377 e. The average Bonchev–Trinajstić information content (AvgIpc) is 3.03. The minimum atomic E-state index is -0.477. The Morgan fingerprint density at radius 2 is 2.15 bits per heavy atom. The molecule has 1 saturated carbocycles. The van der Waals surface area contributed by atoms with Gasteiger partial charge in [-0.3, -0.25) is 9.59 Å². The fraction of sp³-hybridized carbons (Fsp3) is 0.579. The molecule has 0 bridgehead atoms. The predicted molar refractivity (Wildman–Crippen MR) is 99.2 cm³/mol. The van der Waals surface area contributed by atoms with Crippen molar-refractivity contribution in [3.63, 3.8) is 0 Å². The summed E-state index contributed by atoms with van der Waals surface area (Å²) in [7, 11) is 1.83. The highest BCUT2D eigenvalue weighted by atomic mass is 79.9. The Balaban J connectivity index is 1.53. The molecule has 142 valence electrons. The number of halogens is 2. The number of carbonyl (C=O) groups is 2. The Hall–Kier alpha value is -1.47. The van der Waals surface area contributed by atoms with E-state index in [-0.39, 0.29) is 42.0 Å². The lowest BCUT2D eigenvalue weighted by atomic mass is 9.57. The molecule has 3 rings (SSSR count). The first-order chi connectivity index (χ1) is 12.2. The summed E-state index contributed by atoms with van der Waals surface area (Å²) in [5.74, 6) is -0.487. The first kappa shape index (κ1) is 19.3. The van der Waals surface area contributed by atoms with Crippen molar-refractivity contribution < 1.29 is 18.7 Å². The monoisotopic (exact) mass is 426 g/mol. The summed E-state index contributed by atoms with van der Waals surface area (Å²) in [6.07, 6.45) is 1.42. The lowest BCUT2D eigenvalue weighted by Gasteiger charge is -2.57. The number of ether oxygens (including phenoxy) is 1. The first-order valence-electron chi connectivity index (χ1n) is 8.84. The van der Waals surface area contributed by atoms with Gasteiger partial charge >= 0.3 is 0 Å². The quantitative estimate of drug-likeness (QED) is 0.786. The van der Waals surface area contributed by atoms with Gasteiger partial charge in [0.25, 0.3) is 5.91 Å². The number of rotatable bonds is 5. The van der Waals surface area contributed by atoms with Gasteiger partial charge in [-0.15, -0.1) is 0 Å². The molecule has 0 unspecified atom stereocenters. The second kappa shape index (κ2) is 7.27. The molecule has 0 spiro atoms. The van der Waals surface area contributed by atoms with Crippen LogP contribution >= 0.6 is 15.9 Å². The van der Waals surface area contributed by atoms with Crippen molar-refractivity contribution in [2.24, 2.45) is 11.3 Å². The van der Waals surface area contributed by atoms with Crippen LogP contribution in [0.3, 0.4) is 0 Å². The number of carbonyl (C=O) groups excluding carboxylic acids is 2. The van der Waals surface area contributed by atoms with Gasteiger partial charge in [0.1, 0.15) is 5.82 Å². The summed E-state index contributed by atoms with van der Waals surface area (Å²) in [4.78, 5) is 26.5. The Bertz CT molecular complexity index is 725. The molecule has 1 aromatic rings. The van der Waals surface area contributed by atoms with Crippen LogP contribution in [0.5, 0.6) is 0 Å². The second-order valence-electron chi connectivity index (χ2n) is 7.64. The number of hydrogen-bond acceptors (Lipinski definition) is 3. The van der Waals surface area contributed by atoms with Crippen molar-refractivity contribution in [3.8, 4) is 0 Å². The molecule has 26 heavy (non-hydrogen) atoms. The van der Waals surface area contributed by atoms with Gasteiger partial charge in [0.2, 0.25) is 5.91 Å². The third kappa shape index (κ3) is 3.39. The van der Waals surface area contributed by atoms with E-state index in [0.717, 1.165) is 13.0 Å². The highest BCUT2D eigenvalue weighted by molar-refractivity contribution is 9.10. The molecule has 2 amide bonds. The van der Waals surface area contributed by atoms with Crippen molar-refractivity contribution in [1.82, 2.24) is 10.2 Å². The highest BCUT2D eigenvalue weighted by Gasteiger charge is 2.61. The fourth-order valence-electron chi connectivity index (χ4n) is 4.47. The maximum Gasteiger partial charge on any atom is 0.252 e. The van der Waals surface area contributed by atoms with E-state index in [0.29, 0.717) is 10.4 Å². The highest BCUT2D eigenvalue weighted by Crippen LogP contribution is 2.54. The Morgan fingerprint density at radius 1 is 1.42 bits per heavy atom. The summed E-state index contributed by atoms with van der Waals surface area (Å²) in [6, 6.07) is 4.10. The molecule has 2 aliphatic rings. The SMILES string of the molecule is CN(C(=O)CCNC(=O)c1cc(F)ccc1Br)[C@@H]1[C@H]2CCO[C@H]2C1(C)C. The van der Waals surface area contributed by atoms with E-state index in [1.54, 1.807) is 4.90 Å².